The second kappa shape index (κ2) is 8.02. The first-order valence-electron chi connectivity index (χ1n) is 10.0. The third kappa shape index (κ3) is 3.66. The highest BCUT2D eigenvalue weighted by Crippen LogP contribution is 2.19. The van der Waals surface area contributed by atoms with Gasteiger partial charge in [0.15, 0.2) is 5.69 Å². The van der Waals surface area contributed by atoms with Crippen LogP contribution in [-0.4, -0.2) is 26.7 Å². The Labute approximate surface area is 173 Å². The summed E-state index contributed by atoms with van der Waals surface area (Å²) in [6.45, 7) is 7.22. The van der Waals surface area contributed by atoms with Gasteiger partial charge in [0.1, 0.15) is 11.3 Å². The SMILES string of the molecule is CCOc1ccc(NC(=O)c2cc3c(=O)n(CC(C)C)c4ccccc4n3n2)cc1. The highest BCUT2D eigenvalue weighted by Gasteiger charge is 2.18. The van der Waals surface area contributed by atoms with Crippen LogP contribution >= 0.6 is 0 Å². The highest BCUT2D eigenvalue weighted by molar-refractivity contribution is 6.03. The van der Waals surface area contributed by atoms with Crippen molar-refractivity contribution in [2.75, 3.05) is 11.9 Å². The van der Waals surface area contributed by atoms with E-state index in [2.05, 4.69) is 24.3 Å². The number of aromatic nitrogens is 3. The molecular formula is C23H24N4O3. The average molecular weight is 404 g/mol. The molecule has 0 atom stereocenters. The molecule has 30 heavy (non-hydrogen) atoms. The number of nitrogens with zero attached hydrogens (tertiary/aromatic N) is 3. The first kappa shape index (κ1) is 19.7. The van der Waals surface area contributed by atoms with Gasteiger partial charge in [-0.2, -0.15) is 5.10 Å². The van der Waals surface area contributed by atoms with Crippen molar-refractivity contribution >= 4 is 28.1 Å². The van der Waals surface area contributed by atoms with Gasteiger partial charge in [0.25, 0.3) is 11.5 Å². The number of para-hydroxylation sites is 2. The molecule has 154 valence electrons. The lowest BCUT2D eigenvalue weighted by molar-refractivity contribution is 0.102. The van der Waals surface area contributed by atoms with Crippen LogP contribution in [0.25, 0.3) is 16.6 Å². The molecule has 0 aliphatic heterocycles. The molecule has 2 aromatic heterocycles. The first-order chi connectivity index (χ1) is 14.5. The van der Waals surface area contributed by atoms with Gasteiger partial charge in [-0.05, 0) is 49.2 Å². The maximum atomic E-state index is 13.1. The Morgan fingerprint density at radius 3 is 2.43 bits per heavy atom. The zero-order chi connectivity index (χ0) is 21.3. The number of fused-ring (bicyclic) bond motifs is 3. The van der Waals surface area contributed by atoms with Gasteiger partial charge in [0, 0.05) is 18.3 Å². The molecule has 0 unspecified atom stereocenters. The third-order valence-corrected chi connectivity index (χ3v) is 4.78. The zero-order valence-electron chi connectivity index (χ0n) is 17.3. The van der Waals surface area contributed by atoms with Crippen LogP contribution in [0, 0.1) is 5.92 Å². The molecule has 0 radical (unpaired) electrons. The van der Waals surface area contributed by atoms with Crippen LogP contribution in [0.5, 0.6) is 5.75 Å². The van der Waals surface area contributed by atoms with Gasteiger partial charge >= 0.3 is 0 Å². The maximum absolute atomic E-state index is 13.1. The van der Waals surface area contributed by atoms with Crippen LogP contribution in [0.4, 0.5) is 5.69 Å². The van der Waals surface area contributed by atoms with E-state index in [0.29, 0.717) is 30.3 Å². The van der Waals surface area contributed by atoms with Crippen molar-refractivity contribution in [3.05, 3.63) is 70.6 Å². The summed E-state index contributed by atoms with van der Waals surface area (Å²) in [5, 5.41) is 7.26. The normalized spacial score (nSPS) is 11.3. The lowest BCUT2D eigenvalue weighted by Gasteiger charge is -2.13. The van der Waals surface area contributed by atoms with E-state index >= 15 is 0 Å². The Morgan fingerprint density at radius 2 is 1.77 bits per heavy atom. The number of carbonyl (C=O) groups excluding carboxylic acids is 1. The number of nitrogens with one attached hydrogen (secondary N) is 1. The first-order valence-corrected chi connectivity index (χ1v) is 10.0. The lowest BCUT2D eigenvalue weighted by atomic mass is 10.2. The van der Waals surface area contributed by atoms with Crippen molar-refractivity contribution in [2.24, 2.45) is 5.92 Å². The van der Waals surface area contributed by atoms with E-state index in [1.165, 1.54) is 0 Å². The van der Waals surface area contributed by atoms with Crippen molar-refractivity contribution in [1.29, 1.82) is 0 Å². The second-order valence-electron chi connectivity index (χ2n) is 7.54. The number of anilines is 1. The molecule has 0 bridgehead atoms. The summed E-state index contributed by atoms with van der Waals surface area (Å²) in [7, 11) is 0. The fraction of sp³-hybridized carbons (Fsp3) is 0.261. The number of hydrogen-bond donors (Lipinski definition) is 1. The monoisotopic (exact) mass is 404 g/mol. The van der Waals surface area contributed by atoms with Crippen molar-refractivity contribution < 1.29 is 9.53 Å². The topological polar surface area (TPSA) is 77.6 Å². The summed E-state index contributed by atoms with van der Waals surface area (Å²) in [6.07, 6.45) is 0. The number of hydrogen-bond acceptors (Lipinski definition) is 4. The number of rotatable bonds is 6. The summed E-state index contributed by atoms with van der Waals surface area (Å²) >= 11 is 0. The molecule has 0 spiro atoms. The predicted octanol–water partition coefficient (Wildman–Crippen LogP) is 3.96. The Hall–Kier alpha value is -3.61. The molecule has 0 saturated heterocycles. The smallest absolute Gasteiger partial charge is 0.277 e. The Balaban J connectivity index is 1.74. The quantitative estimate of drug-likeness (QED) is 0.528. The van der Waals surface area contributed by atoms with E-state index in [0.717, 1.165) is 16.8 Å². The predicted molar refractivity (Wildman–Crippen MR) is 117 cm³/mol. The number of ether oxygens (including phenoxy) is 1. The van der Waals surface area contributed by atoms with Crippen LogP contribution in [0.15, 0.2) is 59.4 Å². The van der Waals surface area contributed by atoms with Gasteiger partial charge in [0.05, 0.1) is 17.6 Å². The molecule has 4 aromatic rings. The van der Waals surface area contributed by atoms with Crippen molar-refractivity contribution in [2.45, 2.75) is 27.3 Å². The molecule has 2 heterocycles. The minimum Gasteiger partial charge on any atom is -0.494 e. The maximum Gasteiger partial charge on any atom is 0.277 e. The molecule has 0 aliphatic carbocycles. The van der Waals surface area contributed by atoms with Gasteiger partial charge in [-0.25, -0.2) is 4.52 Å². The molecule has 1 amide bonds. The van der Waals surface area contributed by atoms with E-state index < -0.39 is 0 Å². The number of benzene rings is 2. The molecule has 0 fully saturated rings. The standard InChI is InChI=1S/C23H24N4O3/c1-4-30-17-11-9-16(10-12-17)24-22(28)18-13-21-23(29)26(14-15(2)3)19-7-5-6-8-20(19)27(21)25-18/h5-13,15H,4,14H2,1-3H3,(H,24,28). The molecule has 4 rings (SSSR count). The summed E-state index contributed by atoms with van der Waals surface area (Å²) in [5.74, 6) is 0.668. The summed E-state index contributed by atoms with van der Waals surface area (Å²) in [6, 6.07) is 16.3. The minimum atomic E-state index is -0.373. The Bertz CT molecular complexity index is 1270. The van der Waals surface area contributed by atoms with Gasteiger partial charge in [-0.1, -0.05) is 26.0 Å². The minimum absolute atomic E-state index is 0.157. The van der Waals surface area contributed by atoms with E-state index in [9.17, 15) is 9.59 Å². The van der Waals surface area contributed by atoms with Crippen LogP contribution in [0.3, 0.4) is 0 Å². The van der Waals surface area contributed by atoms with E-state index in [1.807, 2.05) is 31.2 Å². The Kier molecular flexibility index (Phi) is 5.27. The van der Waals surface area contributed by atoms with Crippen LogP contribution < -0.4 is 15.6 Å². The van der Waals surface area contributed by atoms with Gasteiger partial charge in [-0.3, -0.25) is 9.59 Å². The van der Waals surface area contributed by atoms with E-state index in [1.54, 1.807) is 39.4 Å². The zero-order valence-corrected chi connectivity index (χ0v) is 17.3. The number of carbonyl (C=O) groups is 1. The fourth-order valence-electron chi connectivity index (χ4n) is 3.49. The van der Waals surface area contributed by atoms with Crippen molar-refractivity contribution in [1.82, 2.24) is 14.2 Å². The van der Waals surface area contributed by atoms with Crippen molar-refractivity contribution in [3.8, 4) is 5.75 Å². The largest absolute Gasteiger partial charge is 0.494 e. The van der Waals surface area contributed by atoms with Crippen LogP contribution in [0.2, 0.25) is 0 Å². The van der Waals surface area contributed by atoms with E-state index in [-0.39, 0.29) is 17.2 Å². The van der Waals surface area contributed by atoms with Crippen LogP contribution in [-0.2, 0) is 6.54 Å². The molecule has 0 aliphatic rings. The average Bonchev–Trinajstić information content (AvgIpc) is 3.19. The van der Waals surface area contributed by atoms with Gasteiger partial charge in [0.2, 0.25) is 0 Å². The third-order valence-electron chi connectivity index (χ3n) is 4.78. The molecular weight excluding hydrogens is 380 g/mol. The molecule has 0 saturated carbocycles. The second-order valence-corrected chi connectivity index (χ2v) is 7.54. The van der Waals surface area contributed by atoms with Crippen molar-refractivity contribution in [3.63, 3.8) is 0 Å². The summed E-state index contributed by atoms with van der Waals surface area (Å²) < 4.78 is 8.73. The summed E-state index contributed by atoms with van der Waals surface area (Å²) in [4.78, 5) is 25.9. The fourth-order valence-corrected chi connectivity index (χ4v) is 3.49. The van der Waals surface area contributed by atoms with Gasteiger partial charge in [-0.15, -0.1) is 0 Å². The molecule has 7 nitrogen and oxygen atoms in total. The highest BCUT2D eigenvalue weighted by atomic mass is 16.5. The van der Waals surface area contributed by atoms with Crippen LogP contribution in [0.1, 0.15) is 31.3 Å². The molecule has 2 aromatic carbocycles. The molecule has 1 N–H and O–H groups in total. The summed E-state index contributed by atoms with van der Waals surface area (Å²) in [5.41, 5.74) is 2.62. The van der Waals surface area contributed by atoms with Gasteiger partial charge < -0.3 is 14.6 Å². The lowest BCUT2D eigenvalue weighted by Crippen LogP contribution is -2.25. The Morgan fingerprint density at radius 1 is 1.07 bits per heavy atom. The van der Waals surface area contributed by atoms with E-state index in [4.69, 9.17) is 4.74 Å². The number of amides is 1. The molecule has 7 heteroatoms.